The van der Waals surface area contributed by atoms with E-state index in [1.54, 1.807) is 0 Å². The highest BCUT2D eigenvalue weighted by Crippen LogP contribution is 2.63. The third kappa shape index (κ3) is 5.44. The van der Waals surface area contributed by atoms with Crippen LogP contribution in [0.5, 0.6) is 11.5 Å². The van der Waals surface area contributed by atoms with E-state index < -0.39 is 5.41 Å². The first-order valence-electron chi connectivity index (χ1n) is 21.6. The van der Waals surface area contributed by atoms with Gasteiger partial charge in [-0.05, 0) is 57.6 Å². The van der Waals surface area contributed by atoms with Gasteiger partial charge in [0.25, 0.3) is 0 Å². The maximum atomic E-state index is 6.66. The van der Waals surface area contributed by atoms with Gasteiger partial charge >= 0.3 is 0 Å². The lowest BCUT2D eigenvalue weighted by atomic mass is 9.66. The van der Waals surface area contributed by atoms with Gasteiger partial charge < -0.3 is 4.74 Å². The summed E-state index contributed by atoms with van der Waals surface area (Å²) in [6.07, 6.45) is 0. The molecule has 298 valence electrons. The third-order valence-corrected chi connectivity index (χ3v) is 13.0. The van der Waals surface area contributed by atoms with E-state index >= 15 is 0 Å². The molecule has 0 saturated heterocycles. The molecule has 0 N–H and O–H groups in total. The topological polar surface area (TPSA) is 60.8 Å². The smallest absolute Gasteiger partial charge is 0.164 e. The van der Waals surface area contributed by atoms with Gasteiger partial charge in [0.05, 0.1) is 16.6 Å². The van der Waals surface area contributed by atoms with Crippen molar-refractivity contribution in [2.75, 3.05) is 0 Å². The number of fused-ring (bicyclic) bond motifs is 13. The van der Waals surface area contributed by atoms with Gasteiger partial charge in [0, 0.05) is 49.5 Å². The SMILES string of the molecule is c1ccc(-c2nc(-c3ccccc3)nc(-c3ccc(-c4ccc5nc(-c6ccccc6)c6ccc7c(c6c5c4)-c4ccccc4C74c5ccccc5Oc5ccccc54)cc3)n2)cc1. The number of ether oxygens (including phenoxy) is 1. The normalized spacial score (nSPS) is 12.9. The van der Waals surface area contributed by atoms with Crippen molar-refractivity contribution in [3.8, 4) is 79.2 Å². The third-order valence-electron chi connectivity index (χ3n) is 13.0. The lowest BCUT2D eigenvalue weighted by Gasteiger charge is -2.39. The standard InChI is InChI=1S/C59H36N4O/c1-4-16-38(17-5-1)55-44-33-34-49-54(43-22-10-11-23-46(43)59(49)47-24-12-14-26-51(47)64-52-27-15-13-25-48(52)59)53(44)45-36-42(32-35-50(45)60-55)37-28-30-41(31-29-37)58-62-56(39-18-6-2-7-19-39)61-57(63-58)40-20-8-3-9-21-40/h1-36H. The van der Waals surface area contributed by atoms with E-state index in [1.807, 2.05) is 60.7 Å². The van der Waals surface area contributed by atoms with Crippen LogP contribution < -0.4 is 4.74 Å². The molecule has 11 aromatic rings. The molecule has 0 atom stereocenters. The van der Waals surface area contributed by atoms with Crippen LogP contribution in [0.1, 0.15) is 22.3 Å². The van der Waals surface area contributed by atoms with Crippen LogP contribution in [0.4, 0.5) is 0 Å². The molecule has 0 unspecified atom stereocenters. The lowest BCUT2D eigenvalue weighted by Crippen LogP contribution is -2.32. The Bertz CT molecular complexity index is 3520. The predicted molar refractivity (Wildman–Crippen MR) is 257 cm³/mol. The first-order chi connectivity index (χ1) is 31.7. The number of aromatic nitrogens is 4. The van der Waals surface area contributed by atoms with E-state index in [9.17, 15) is 0 Å². The molecule has 0 bridgehead atoms. The number of para-hydroxylation sites is 2. The predicted octanol–water partition coefficient (Wildman–Crippen LogP) is 14.4. The molecule has 1 aliphatic carbocycles. The minimum atomic E-state index is -0.586. The van der Waals surface area contributed by atoms with E-state index in [-0.39, 0.29) is 0 Å². The number of nitrogens with zero attached hydrogens (tertiary/aromatic N) is 4. The van der Waals surface area contributed by atoms with Crippen LogP contribution in [0.3, 0.4) is 0 Å². The van der Waals surface area contributed by atoms with Crippen molar-refractivity contribution >= 4 is 21.7 Å². The fourth-order valence-corrected chi connectivity index (χ4v) is 10.2. The minimum absolute atomic E-state index is 0.586. The summed E-state index contributed by atoms with van der Waals surface area (Å²) in [7, 11) is 0. The second-order valence-electron chi connectivity index (χ2n) is 16.5. The van der Waals surface area contributed by atoms with Crippen LogP contribution >= 0.6 is 0 Å². The summed E-state index contributed by atoms with van der Waals surface area (Å²) in [6, 6.07) is 76.7. The van der Waals surface area contributed by atoms with E-state index in [2.05, 4.69) is 158 Å². The zero-order valence-electron chi connectivity index (χ0n) is 34.5. The molecule has 1 spiro atoms. The van der Waals surface area contributed by atoms with E-state index in [1.165, 1.54) is 27.6 Å². The van der Waals surface area contributed by atoms with Gasteiger partial charge in [0.15, 0.2) is 17.5 Å². The molecular weight excluding hydrogens is 781 g/mol. The summed E-state index contributed by atoms with van der Waals surface area (Å²) in [4.78, 5) is 20.3. The first-order valence-corrected chi connectivity index (χ1v) is 21.6. The van der Waals surface area contributed by atoms with E-state index in [0.29, 0.717) is 17.5 Å². The fourth-order valence-electron chi connectivity index (χ4n) is 10.2. The summed E-state index contributed by atoms with van der Waals surface area (Å²) < 4.78 is 6.66. The zero-order valence-corrected chi connectivity index (χ0v) is 34.5. The Hall–Kier alpha value is -8.54. The zero-order chi connectivity index (χ0) is 42.2. The minimum Gasteiger partial charge on any atom is -0.457 e. The molecule has 13 rings (SSSR count). The maximum Gasteiger partial charge on any atom is 0.164 e. The molecule has 2 aromatic heterocycles. The molecule has 0 fully saturated rings. The molecule has 2 aliphatic rings. The lowest BCUT2D eigenvalue weighted by molar-refractivity contribution is 0.436. The molecule has 1 aliphatic heterocycles. The van der Waals surface area contributed by atoms with Crippen molar-refractivity contribution in [2.24, 2.45) is 0 Å². The van der Waals surface area contributed by atoms with Gasteiger partial charge in [-0.15, -0.1) is 0 Å². The number of pyridine rings is 1. The van der Waals surface area contributed by atoms with Crippen molar-refractivity contribution < 1.29 is 4.74 Å². The molecule has 0 saturated carbocycles. The summed E-state index contributed by atoms with van der Waals surface area (Å²) in [5.74, 6) is 3.66. The Morgan fingerprint density at radius 2 is 0.812 bits per heavy atom. The number of benzene rings is 9. The molecule has 0 amide bonds. The quantitative estimate of drug-likeness (QED) is 0.162. The largest absolute Gasteiger partial charge is 0.457 e. The molecule has 5 heteroatoms. The van der Waals surface area contributed by atoms with Crippen LogP contribution in [0.15, 0.2) is 218 Å². The summed E-state index contributed by atoms with van der Waals surface area (Å²) in [6.45, 7) is 0. The van der Waals surface area contributed by atoms with Crippen molar-refractivity contribution in [3.05, 3.63) is 241 Å². The number of hydrogen-bond acceptors (Lipinski definition) is 5. The van der Waals surface area contributed by atoms with Crippen LogP contribution in [-0.4, -0.2) is 19.9 Å². The van der Waals surface area contributed by atoms with Crippen LogP contribution in [-0.2, 0) is 5.41 Å². The van der Waals surface area contributed by atoms with Crippen LogP contribution in [0.25, 0.3) is 89.4 Å². The number of hydrogen-bond donors (Lipinski definition) is 0. The molecule has 5 nitrogen and oxygen atoms in total. The number of rotatable bonds is 5. The van der Waals surface area contributed by atoms with Crippen LogP contribution in [0, 0.1) is 0 Å². The van der Waals surface area contributed by atoms with Crippen molar-refractivity contribution in [3.63, 3.8) is 0 Å². The van der Waals surface area contributed by atoms with Gasteiger partial charge in [-0.3, -0.25) is 0 Å². The Kier molecular flexibility index (Phi) is 8.06. The highest BCUT2D eigenvalue weighted by Gasteiger charge is 2.51. The molecule has 0 radical (unpaired) electrons. The first kappa shape index (κ1) is 36.1. The summed E-state index contributed by atoms with van der Waals surface area (Å²) >= 11 is 0. The fraction of sp³-hybridized carbons (Fsp3) is 0.0169. The average Bonchev–Trinajstić information content (AvgIpc) is 3.67. The van der Waals surface area contributed by atoms with Gasteiger partial charge in [-0.25, -0.2) is 19.9 Å². The average molecular weight is 817 g/mol. The van der Waals surface area contributed by atoms with Gasteiger partial charge in [0.2, 0.25) is 0 Å². The van der Waals surface area contributed by atoms with Crippen LogP contribution in [0.2, 0.25) is 0 Å². The maximum absolute atomic E-state index is 6.66. The Labute approximate surface area is 370 Å². The Morgan fingerprint density at radius 1 is 0.328 bits per heavy atom. The summed E-state index contributed by atoms with van der Waals surface area (Å²) in [5, 5.41) is 3.41. The summed E-state index contributed by atoms with van der Waals surface area (Å²) in [5.41, 5.74) is 14.6. The molecule has 9 aromatic carbocycles. The molecule has 64 heavy (non-hydrogen) atoms. The van der Waals surface area contributed by atoms with E-state index in [4.69, 9.17) is 24.7 Å². The monoisotopic (exact) mass is 816 g/mol. The highest BCUT2D eigenvalue weighted by molar-refractivity contribution is 6.20. The second-order valence-corrected chi connectivity index (χ2v) is 16.5. The second kappa shape index (κ2) is 14.3. The molecule has 3 heterocycles. The van der Waals surface area contributed by atoms with Crippen molar-refractivity contribution in [1.82, 2.24) is 19.9 Å². The molecular formula is C59H36N4O. The van der Waals surface area contributed by atoms with Gasteiger partial charge in [-0.2, -0.15) is 0 Å². The highest BCUT2D eigenvalue weighted by atomic mass is 16.5. The Morgan fingerprint density at radius 3 is 1.42 bits per heavy atom. The van der Waals surface area contributed by atoms with Crippen molar-refractivity contribution in [2.45, 2.75) is 5.41 Å². The van der Waals surface area contributed by atoms with Gasteiger partial charge in [0.1, 0.15) is 11.5 Å². The van der Waals surface area contributed by atoms with E-state index in [0.717, 1.165) is 78.0 Å². The Balaban J connectivity index is 1.03. The van der Waals surface area contributed by atoms with Gasteiger partial charge in [-0.1, -0.05) is 194 Å². The van der Waals surface area contributed by atoms with Crippen molar-refractivity contribution in [1.29, 1.82) is 0 Å².